The monoisotopic (exact) mass is 311 g/mol. The van der Waals surface area contributed by atoms with Gasteiger partial charge in [0, 0.05) is 16.0 Å². The fourth-order valence-electron chi connectivity index (χ4n) is 0.993. The van der Waals surface area contributed by atoms with Gasteiger partial charge in [-0.2, -0.15) is 0 Å². The van der Waals surface area contributed by atoms with Crippen molar-refractivity contribution in [2.75, 3.05) is 16.4 Å². The number of rotatable bonds is 5. The van der Waals surface area contributed by atoms with Crippen LogP contribution in [0.5, 0.6) is 0 Å². The zero-order valence-corrected chi connectivity index (χ0v) is 11.1. The fourth-order valence-corrected chi connectivity index (χ4v) is 2.67. The first-order chi connectivity index (χ1) is 7.03. The summed E-state index contributed by atoms with van der Waals surface area (Å²) in [7, 11) is -3.26. The Kier molecular flexibility index (Phi) is 4.89. The Balaban J connectivity index is 2.65. The average Bonchev–Trinajstić information content (AvgIpc) is 2.18. The van der Waals surface area contributed by atoms with Crippen molar-refractivity contribution in [1.29, 1.82) is 0 Å². The second kappa shape index (κ2) is 5.72. The van der Waals surface area contributed by atoms with E-state index in [4.69, 9.17) is 11.6 Å². The molecule has 1 N–H and O–H groups in total. The zero-order valence-electron chi connectivity index (χ0n) is 7.91. The van der Waals surface area contributed by atoms with Gasteiger partial charge in [0.05, 0.1) is 5.75 Å². The molecule has 6 heteroatoms. The van der Waals surface area contributed by atoms with Gasteiger partial charge in [0.25, 0.3) is 0 Å². The molecule has 0 aromatic heterocycles. The maximum atomic E-state index is 11.5. The molecule has 0 heterocycles. The molecule has 0 amide bonds. The van der Waals surface area contributed by atoms with Crippen LogP contribution in [0.25, 0.3) is 0 Å². The molecule has 0 bridgehead atoms. The zero-order chi connectivity index (χ0) is 11.3. The van der Waals surface area contributed by atoms with Crippen LogP contribution in [0.15, 0.2) is 28.7 Å². The second-order valence-electron chi connectivity index (χ2n) is 2.97. The number of hydrogen-bond donors (Lipinski definition) is 1. The Morgan fingerprint density at radius 2 is 1.87 bits per heavy atom. The van der Waals surface area contributed by atoms with Gasteiger partial charge in [-0.05, 0) is 30.7 Å². The molecular formula is C9H11BrClNO2S. The van der Waals surface area contributed by atoms with Crippen molar-refractivity contribution < 1.29 is 8.42 Å². The summed E-state index contributed by atoms with van der Waals surface area (Å²) in [5.41, 5.74) is 0.563. The van der Waals surface area contributed by atoms with Crippen LogP contribution in [-0.4, -0.2) is 20.1 Å². The van der Waals surface area contributed by atoms with E-state index in [0.717, 1.165) is 4.47 Å². The summed E-state index contributed by atoms with van der Waals surface area (Å²) < 4.78 is 26.3. The van der Waals surface area contributed by atoms with E-state index < -0.39 is 10.0 Å². The Morgan fingerprint density at radius 1 is 1.27 bits per heavy atom. The van der Waals surface area contributed by atoms with Crippen LogP contribution in [0.4, 0.5) is 5.69 Å². The van der Waals surface area contributed by atoms with Gasteiger partial charge in [0.2, 0.25) is 10.0 Å². The maximum Gasteiger partial charge on any atom is 0.232 e. The average molecular weight is 313 g/mol. The number of benzene rings is 1. The molecule has 0 unspecified atom stereocenters. The first kappa shape index (κ1) is 12.8. The van der Waals surface area contributed by atoms with E-state index in [0.29, 0.717) is 18.0 Å². The van der Waals surface area contributed by atoms with Crippen LogP contribution in [0.1, 0.15) is 6.42 Å². The summed E-state index contributed by atoms with van der Waals surface area (Å²) in [6.07, 6.45) is 0.452. The summed E-state index contributed by atoms with van der Waals surface area (Å²) in [5, 5.41) is 0. The highest BCUT2D eigenvalue weighted by atomic mass is 79.9. The maximum absolute atomic E-state index is 11.5. The summed E-state index contributed by atoms with van der Waals surface area (Å²) in [4.78, 5) is 0. The van der Waals surface area contributed by atoms with Gasteiger partial charge in [0.1, 0.15) is 0 Å². The number of anilines is 1. The number of nitrogens with one attached hydrogen (secondary N) is 1. The highest BCUT2D eigenvalue weighted by Gasteiger charge is 2.09. The highest BCUT2D eigenvalue weighted by molar-refractivity contribution is 9.10. The molecule has 1 rings (SSSR count). The quantitative estimate of drug-likeness (QED) is 0.850. The third-order valence-electron chi connectivity index (χ3n) is 1.66. The van der Waals surface area contributed by atoms with Gasteiger partial charge in [-0.1, -0.05) is 15.9 Å². The van der Waals surface area contributed by atoms with Gasteiger partial charge in [-0.3, -0.25) is 4.72 Å². The first-order valence-electron chi connectivity index (χ1n) is 4.35. The number of sulfonamides is 1. The van der Waals surface area contributed by atoms with Crippen molar-refractivity contribution in [2.45, 2.75) is 6.42 Å². The van der Waals surface area contributed by atoms with Crippen molar-refractivity contribution in [1.82, 2.24) is 0 Å². The van der Waals surface area contributed by atoms with Gasteiger partial charge >= 0.3 is 0 Å². The van der Waals surface area contributed by atoms with E-state index in [1.165, 1.54) is 0 Å². The summed E-state index contributed by atoms with van der Waals surface area (Å²) in [5.74, 6) is 0.397. The largest absolute Gasteiger partial charge is 0.284 e. The lowest BCUT2D eigenvalue weighted by molar-refractivity contribution is 0.600. The molecule has 0 fully saturated rings. The predicted octanol–water partition coefficient (Wildman–Crippen LogP) is 2.82. The second-order valence-corrected chi connectivity index (χ2v) is 6.11. The van der Waals surface area contributed by atoms with E-state index in [2.05, 4.69) is 20.7 Å². The van der Waals surface area contributed by atoms with Crippen molar-refractivity contribution in [3.05, 3.63) is 28.7 Å². The molecule has 0 aliphatic rings. The van der Waals surface area contributed by atoms with Gasteiger partial charge in [-0.15, -0.1) is 11.6 Å². The third kappa shape index (κ3) is 4.86. The van der Waals surface area contributed by atoms with Crippen LogP contribution in [-0.2, 0) is 10.0 Å². The molecular weight excluding hydrogens is 302 g/mol. The van der Waals surface area contributed by atoms with Crippen molar-refractivity contribution >= 4 is 43.2 Å². The van der Waals surface area contributed by atoms with E-state index in [1.807, 2.05) is 0 Å². The molecule has 0 aliphatic carbocycles. The lowest BCUT2D eigenvalue weighted by Crippen LogP contribution is -2.16. The molecule has 3 nitrogen and oxygen atoms in total. The Bertz CT molecular complexity index is 405. The van der Waals surface area contributed by atoms with Crippen molar-refractivity contribution in [2.24, 2.45) is 0 Å². The molecule has 0 aliphatic heterocycles. The normalized spacial score (nSPS) is 11.3. The first-order valence-corrected chi connectivity index (χ1v) is 7.33. The molecule has 0 spiro atoms. The van der Waals surface area contributed by atoms with Crippen LogP contribution >= 0.6 is 27.5 Å². The van der Waals surface area contributed by atoms with Gasteiger partial charge in [0.15, 0.2) is 0 Å². The molecule has 1 aromatic rings. The molecule has 0 radical (unpaired) electrons. The van der Waals surface area contributed by atoms with Crippen molar-refractivity contribution in [3.63, 3.8) is 0 Å². The minimum Gasteiger partial charge on any atom is -0.284 e. The predicted molar refractivity (Wildman–Crippen MR) is 66.9 cm³/mol. The molecule has 84 valence electrons. The Hall–Kier alpha value is -0.260. The summed E-state index contributed by atoms with van der Waals surface area (Å²) >= 11 is 8.71. The minimum atomic E-state index is -3.26. The van der Waals surface area contributed by atoms with Gasteiger partial charge in [-0.25, -0.2) is 8.42 Å². The molecule has 15 heavy (non-hydrogen) atoms. The van der Waals surface area contributed by atoms with E-state index in [1.54, 1.807) is 24.3 Å². The molecule has 0 atom stereocenters. The molecule has 0 saturated heterocycles. The lowest BCUT2D eigenvalue weighted by atomic mass is 10.3. The SMILES string of the molecule is O=S(=O)(CCCCl)Nc1ccc(Br)cc1. The minimum absolute atomic E-state index is 0.0482. The number of alkyl halides is 1. The highest BCUT2D eigenvalue weighted by Crippen LogP contribution is 2.15. The van der Waals surface area contributed by atoms with Gasteiger partial charge < -0.3 is 0 Å². The lowest BCUT2D eigenvalue weighted by Gasteiger charge is -2.06. The van der Waals surface area contributed by atoms with Crippen LogP contribution in [0.2, 0.25) is 0 Å². The third-order valence-corrected chi connectivity index (χ3v) is 3.83. The Labute approximate surface area is 103 Å². The smallest absolute Gasteiger partial charge is 0.232 e. The summed E-state index contributed by atoms with van der Waals surface area (Å²) in [6.45, 7) is 0. The standard InChI is InChI=1S/C9H11BrClNO2S/c10-8-2-4-9(5-3-8)12-15(13,14)7-1-6-11/h2-5,12H,1,6-7H2. The number of hydrogen-bond acceptors (Lipinski definition) is 2. The van der Waals surface area contributed by atoms with Crippen LogP contribution in [0, 0.1) is 0 Å². The number of halogens is 2. The summed E-state index contributed by atoms with van der Waals surface area (Å²) in [6, 6.07) is 6.95. The fraction of sp³-hybridized carbons (Fsp3) is 0.333. The van der Waals surface area contributed by atoms with Crippen LogP contribution < -0.4 is 4.72 Å². The van der Waals surface area contributed by atoms with Crippen LogP contribution in [0.3, 0.4) is 0 Å². The topological polar surface area (TPSA) is 46.2 Å². The molecule has 1 aromatic carbocycles. The Morgan fingerprint density at radius 3 is 2.40 bits per heavy atom. The van der Waals surface area contributed by atoms with E-state index in [9.17, 15) is 8.42 Å². The van der Waals surface area contributed by atoms with E-state index >= 15 is 0 Å². The molecule has 0 saturated carbocycles. The van der Waals surface area contributed by atoms with Crippen molar-refractivity contribution in [3.8, 4) is 0 Å². The van der Waals surface area contributed by atoms with E-state index in [-0.39, 0.29) is 5.75 Å².